The van der Waals surface area contributed by atoms with E-state index in [1.54, 1.807) is 38.1 Å². The Hall–Kier alpha value is -0.620. The molecule has 0 saturated carbocycles. The Kier molecular flexibility index (Phi) is 6.86. The standard InChI is InChI=1S/C14H15O5PS.Na/c1-9-5-3-7-11(15)13(9)19-20(17,18)21-14-10(2)6-4-8-12(14)16;/h3-8,15-16H,1-2H3,(H,17,18);/q;+1/p-1. The van der Waals surface area contributed by atoms with Crippen LogP contribution in [0, 0.1) is 13.8 Å². The summed E-state index contributed by atoms with van der Waals surface area (Å²) < 4.78 is 17.2. The van der Waals surface area contributed by atoms with E-state index < -0.39 is 12.5 Å². The fraction of sp³-hybridized carbons (Fsp3) is 0.143. The maximum absolute atomic E-state index is 12.2. The molecule has 0 heterocycles. The van der Waals surface area contributed by atoms with Crippen molar-refractivity contribution in [1.29, 1.82) is 0 Å². The zero-order valence-corrected chi connectivity index (χ0v) is 16.1. The normalized spacial score (nSPS) is 13.0. The smallest absolute Gasteiger partial charge is 0.870 e. The van der Waals surface area contributed by atoms with Crippen LogP contribution in [0.15, 0.2) is 41.3 Å². The van der Waals surface area contributed by atoms with Crippen LogP contribution in [-0.2, 0) is 4.57 Å². The Morgan fingerprint density at radius 2 is 1.73 bits per heavy atom. The van der Waals surface area contributed by atoms with E-state index in [1.807, 2.05) is 0 Å². The van der Waals surface area contributed by atoms with Crippen LogP contribution in [0.1, 0.15) is 11.1 Å². The molecule has 2 aromatic rings. The van der Waals surface area contributed by atoms with Crippen molar-refractivity contribution in [3.05, 3.63) is 47.5 Å². The van der Waals surface area contributed by atoms with Crippen LogP contribution in [0.4, 0.5) is 0 Å². The van der Waals surface area contributed by atoms with Gasteiger partial charge < -0.3 is 19.6 Å². The monoisotopic (exact) mass is 348 g/mol. The number of phenols is 1. The van der Waals surface area contributed by atoms with E-state index in [-0.39, 0.29) is 46.0 Å². The zero-order valence-electron chi connectivity index (χ0n) is 12.4. The largest absolute Gasteiger partial charge is 1.00 e. The molecule has 0 spiro atoms. The Balaban J connectivity index is 0.00000242. The zero-order chi connectivity index (χ0) is 15.6. The van der Waals surface area contributed by atoms with Gasteiger partial charge in [0.1, 0.15) is 11.5 Å². The maximum Gasteiger partial charge on any atom is 1.00 e. The Bertz CT molecular complexity index is 624. The van der Waals surface area contributed by atoms with Gasteiger partial charge in [0.2, 0.25) is 0 Å². The molecule has 0 amide bonds. The number of phenolic OH excluding ortho intramolecular Hbond substituents is 1. The van der Waals surface area contributed by atoms with Gasteiger partial charge in [0.05, 0.1) is 4.90 Å². The molecule has 2 N–H and O–H groups in total. The van der Waals surface area contributed by atoms with Gasteiger partial charge in [0.25, 0.3) is 0 Å². The van der Waals surface area contributed by atoms with E-state index in [9.17, 15) is 19.7 Å². The number of rotatable bonds is 4. The van der Waals surface area contributed by atoms with E-state index >= 15 is 0 Å². The van der Waals surface area contributed by atoms with Gasteiger partial charge in [-0.3, -0.25) is 0 Å². The summed E-state index contributed by atoms with van der Waals surface area (Å²) in [6.07, 6.45) is 0. The number of para-hydroxylation sites is 1. The first-order chi connectivity index (χ1) is 9.80. The van der Waals surface area contributed by atoms with Gasteiger partial charge in [-0.1, -0.05) is 36.1 Å². The second-order valence-corrected chi connectivity index (χ2v) is 8.12. The number of aryl methyl sites for hydroxylation is 2. The third-order valence-electron chi connectivity index (χ3n) is 2.78. The summed E-state index contributed by atoms with van der Waals surface area (Å²) in [4.78, 5) is 10.2. The number of aromatic hydroxyl groups is 1. The molecule has 5 nitrogen and oxygen atoms in total. The molecule has 0 aromatic heterocycles. The van der Waals surface area contributed by atoms with Crippen LogP contribution in [0.25, 0.3) is 0 Å². The molecule has 0 aliphatic rings. The number of hydrogen-bond donors (Lipinski definition) is 2. The average molecular weight is 348 g/mol. The summed E-state index contributed by atoms with van der Waals surface area (Å²) in [7, 11) is 0. The van der Waals surface area contributed by atoms with Gasteiger partial charge in [0, 0.05) is 11.4 Å². The molecular weight excluding hydrogens is 334 g/mol. The summed E-state index contributed by atoms with van der Waals surface area (Å²) in [5, 5.41) is 21.4. The quantitative estimate of drug-likeness (QED) is 0.613. The molecule has 0 bridgehead atoms. The molecule has 0 aliphatic heterocycles. The summed E-state index contributed by atoms with van der Waals surface area (Å²) in [6.45, 7) is -0.867. The molecule has 0 radical (unpaired) electrons. The van der Waals surface area contributed by atoms with E-state index in [4.69, 9.17) is 4.52 Å². The molecule has 2 rings (SSSR count). The molecule has 8 heteroatoms. The van der Waals surface area contributed by atoms with Crippen LogP contribution < -0.4 is 39.2 Å². The molecule has 2 aromatic carbocycles. The van der Waals surface area contributed by atoms with Crippen molar-refractivity contribution >= 4 is 18.2 Å². The van der Waals surface area contributed by atoms with Crippen molar-refractivity contribution in [3.8, 4) is 17.2 Å². The second kappa shape index (κ2) is 7.77. The Morgan fingerprint density at radius 1 is 1.14 bits per heavy atom. The van der Waals surface area contributed by atoms with Crippen LogP contribution in [0.2, 0.25) is 0 Å². The predicted molar refractivity (Wildman–Crippen MR) is 79.8 cm³/mol. The maximum atomic E-state index is 12.2. The molecule has 22 heavy (non-hydrogen) atoms. The SMILES string of the molecule is Cc1cccc([O-])c1OP(=O)(O)Sc1c(C)cccc1O.[Na+]. The fourth-order valence-corrected chi connectivity index (χ4v) is 4.59. The predicted octanol–water partition coefficient (Wildman–Crippen LogP) is 0.358. The van der Waals surface area contributed by atoms with Crippen LogP contribution in [-0.4, -0.2) is 10.00 Å². The van der Waals surface area contributed by atoms with E-state index in [1.165, 1.54) is 12.1 Å². The van der Waals surface area contributed by atoms with Crippen molar-refractivity contribution < 1.29 is 53.8 Å². The first kappa shape index (κ1) is 19.4. The molecular formula is C14H14NaO5PS. The van der Waals surface area contributed by atoms with Gasteiger partial charge in [-0.2, -0.15) is 0 Å². The second-order valence-electron chi connectivity index (χ2n) is 4.48. The van der Waals surface area contributed by atoms with E-state index in [2.05, 4.69) is 0 Å². The van der Waals surface area contributed by atoms with Crippen molar-refractivity contribution in [2.24, 2.45) is 0 Å². The van der Waals surface area contributed by atoms with Crippen LogP contribution >= 0.6 is 18.2 Å². The molecule has 1 atom stereocenters. The number of benzene rings is 2. The summed E-state index contributed by atoms with van der Waals surface area (Å²) in [6, 6.07) is 9.18. The summed E-state index contributed by atoms with van der Waals surface area (Å²) in [5.41, 5.74) is 1.12. The minimum absolute atomic E-state index is 0. The van der Waals surface area contributed by atoms with Gasteiger partial charge in [-0.15, -0.1) is 0 Å². The van der Waals surface area contributed by atoms with Gasteiger partial charge in [-0.05, 0) is 31.0 Å². The molecule has 1 unspecified atom stereocenters. The third kappa shape index (κ3) is 4.69. The van der Waals surface area contributed by atoms with Gasteiger partial charge in [-0.25, -0.2) is 4.57 Å². The van der Waals surface area contributed by atoms with Crippen LogP contribution in [0.3, 0.4) is 0 Å². The van der Waals surface area contributed by atoms with Gasteiger partial charge in [0.15, 0.2) is 0 Å². The Labute approximate surface area is 154 Å². The Morgan fingerprint density at radius 3 is 2.32 bits per heavy atom. The summed E-state index contributed by atoms with van der Waals surface area (Å²) >= 11 is 0.511. The van der Waals surface area contributed by atoms with Crippen molar-refractivity contribution in [1.82, 2.24) is 0 Å². The fourth-order valence-electron chi connectivity index (χ4n) is 1.75. The molecule has 112 valence electrons. The molecule has 0 aliphatic carbocycles. The third-order valence-corrected chi connectivity index (χ3v) is 5.60. The average Bonchev–Trinajstić information content (AvgIpc) is 2.39. The van der Waals surface area contributed by atoms with Gasteiger partial charge >= 0.3 is 36.4 Å². The van der Waals surface area contributed by atoms with E-state index in [0.717, 1.165) is 0 Å². The molecule has 0 saturated heterocycles. The first-order valence-corrected chi connectivity index (χ1v) is 9.07. The topological polar surface area (TPSA) is 89.8 Å². The first-order valence-electron chi connectivity index (χ1n) is 6.07. The van der Waals surface area contributed by atoms with Crippen molar-refractivity contribution in [2.75, 3.05) is 0 Å². The number of hydrogen-bond acceptors (Lipinski definition) is 5. The van der Waals surface area contributed by atoms with E-state index in [0.29, 0.717) is 22.5 Å². The minimum atomic E-state index is -4.19. The van der Waals surface area contributed by atoms with Crippen molar-refractivity contribution in [2.45, 2.75) is 18.7 Å². The van der Waals surface area contributed by atoms with Crippen LogP contribution in [0.5, 0.6) is 17.2 Å². The minimum Gasteiger partial charge on any atom is -0.870 e. The van der Waals surface area contributed by atoms with Crippen molar-refractivity contribution in [3.63, 3.8) is 0 Å². The molecule has 0 fully saturated rings. The summed E-state index contributed by atoms with van der Waals surface area (Å²) in [5.74, 6) is -0.715.